The quantitative estimate of drug-likeness (QED) is 0.564. The van der Waals surface area contributed by atoms with Crippen LogP contribution in [0.5, 0.6) is 0 Å². The number of benzene rings is 1. The third kappa shape index (κ3) is 2.13. The molecule has 13 heavy (non-hydrogen) atoms. The molecule has 0 N–H and O–H groups in total. The number of hydrogen-bond acceptors (Lipinski definition) is 1. The van der Waals surface area contributed by atoms with Crippen LogP contribution in [0.4, 0.5) is 0 Å². The summed E-state index contributed by atoms with van der Waals surface area (Å²) >= 11 is 0.681. The van der Waals surface area contributed by atoms with E-state index in [1.807, 2.05) is 0 Å². The molecule has 0 radical (unpaired) electrons. The zero-order valence-corrected chi connectivity index (χ0v) is 11.6. The topological polar surface area (TPSA) is 12.4 Å². The van der Waals surface area contributed by atoms with Crippen molar-refractivity contribution in [3.8, 4) is 0 Å². The van der Waals surface area contributed by atoms with E-state index in [4.69, 9.17) is 4.99 Å². The zero-order chi connectivity index (χ0) is 9.47. The first kappa shape index (κ1) is 10.1. The molecule has 1 aromatic rings. The van der Waals surface area contributed by atoms with Gasteiger partial charge in [-0.15, -0.1) is 0 Å². The van der Waals surface area contributed by atoms with Gasteiger partial charge in [0, 0.05) is 0 Å². The summed E-state index contributed by atoms with van der Waals surface area (Å²) in [5, 5.41) is 0. The zero-order valence-electron chi connectivity index (χ0n) is 8.46. The molecule has 62 valence electrons. The second-order valence-electron chi connectivity index (χ2n) is 4.34. The molecule has 0 fully saturated rings. The summed E-state index contributed by atoms with van der Waals surface area (Å²) < 4.78 is 1.36. The van der Waals surface area contributed by atoms with Crippen molar-refractivity contribution in [3.63, 3.8) is 0 Å². The van der Waals surface area contributed by atoms with Crippen LogP contribution in [0.2, 0.25) is 0 Å². The van der Waals surface area contributed by atoms with Crippen LogP contribution in [0.3, 0.4) is 0 Å². The first-order valence-corrected chi connectivity index (χ1v) is 6.29. The van der Waals surface area contributed by atoms with Gasteiger partial charge in [-0.2, -0.15) is 0 Å². The molecular weight excluding hydrogens is 185 g/mol. The Balaban J connectivity index is 2.55. The van der Waals surface area contributed by atoms with E-state index in [0.717, 1.165) is 6.42 Å². The SMILES string of the molecule is CC1(C)Cc2ccccc2[C]([K])=N1. The van der Waals surface area contributed by atoms with Crippen molar-refractivity contribution in [1.82, 2.24) is 0 Å². The molecule has 0 bridgehead atoms. The van der Waals surface area contributed by atoms with Crippen molar-refractivity contribution in [2.75, 3.05) is 0 Å². The van der Waals surface area contributed by atoms with Gasteiger partial charge < -0.3 is 0 Å². The predicted molar refractivity (Wildman–Crippen MR) is 56.5 cm³/mol. The molecule has 0 spiro atoms. The van der Waals surface area contributed by atoms with Crippen molar-refractivity contribution >= 4 is 48.8 Å². The standard InChI is InChI=1S/C11H12N.K/c1-11(2)7-9-5-3-4-6-10(9)8-12-11;/h3-6H,7H2,1-2H3;. The fraction of sp³-hybridized carbons (Fsp3) is 0.364. The first-order valence-electron chi connectivity index (χ1n) is 4.73. The minimum atomic E-state index is 0.129. The molecular formula is C11H12KN. The van der Waals surface area contributed by atoms with E-state index >= 15 is 0 Å². The van der Waals surface area contributed by atoms with Crippen LogP contribution < -0.4 is 0 Å². The molecule has 1 nitrogen and oxygen atoms in total. The normalized spacial score (nSPS) is 19.2. The van der Waals surface area contributed by atoms with Gasteiger partial charge in [0.05, 0.1) is 0 Å². The van der Waals surface area contributed by atoms with Gasteiger partial charge in [0.15, 0.2) is 0 Å². The van der Waals surface area contributed by atoms with Crippen molar-refractivity contribution in [3.05, 3.63) is 35.4 Å². The van der Waals surface area contributed by atoms with Gasteiger partial charge in [-0.1, -0.05) is 0 Å². The summed E-state index contributed by atoms with van der Waals surface area (Å²) in [4.78, 5) is 4.76. The number of hydrogen-bond donors (Lipinski definition) is 0. The van der Waals surface area contributed by atoms with Crippen molar-refractivity contribution in [1.29, 1.82) is 0 Å². The molecule has 0 atom stereocenters. The Labute approximate surface area is 113 Å². The van der Waals surface area contributed by atoms with E-state index in [1.165, 1.54) is 10.9 Å². The van der Waals surface area contributed by atoms with Gasteiger partial charge in [-0.05, 0) is 0 Å². The molecule has 0 aromatic heterocycles. The third-order valence-corrected chi connectivity index (χ3v) is 3.69. The Morgan fingerprint density at radius 1 is 1.31 bits per heavy atom. The van der Waals surface area contributed by atoms with Crippen molar-refractivity contribution in [2.45, 2.75) is 25.8 Å². The summed E-state index contributed by atoms with van der Waals surface area (Å²) in [6.07, 6.45) is 1.09. The van der Waals surface area contributed by atoms with E-state index in [0.29, 0.717) is 49.0 Å². The Morgan fingerprint density at radius 2 is 2.00 bits per heavy atom. The monoisotopic (exact) mass is 197 g/mol. The van der Waals surface area contributed by atoms with Gasteiger partial charge in [0.2, 0.25) is 0 Å². The van der Waals surface area contributed by atoms with E-state index in [1.54, 1.807) is 0 Å². The van der Waals surface area contributed by atoms with Crippen LogP contribution in [-0.4, -0.2) is 54.3 Å². The molecule has 0 unspecified atom stereocenters. The molecule has 2 heteroatoms. The van der Waals surface area contributed by atoms with Gasteiger partial charge >= 0.3 is 115 Å². The van der Waals surface area contributed by atoms with Crippen LogP contribution in [0, 0.1) is 0 Å². The average Bonchev–Trinajstić information content (AvgIpc) is 2.02. The molecule has 0 saturated carbocycles. The molecule has 0 amide bonds. The van der Waals surface area contributed by atoms with Gasteiger partial charge in [0.25, 0.3) is 0 Å². The number of fused-ring (bicyclic) bond motifs is 1. The minimum absolute atomic E-state index is 0.129. The van der Waals surface area contributed by atoms with Crippen LogP contribution in [0.1, 0.15) is 25.0 Å². The second kappa shape index (κ2) is 3.59. The molecule has 1 aliphatic heterocycles. The van der Waals surface area contributed by atoms with Crippen LogP contribution in [0.25, 0.3) is 0 Å². The first-order chi connectivity index (χ1) is 6.08. The molecule has 1 heterocycles. The van der Waals surface area contributed by atoms with Gasteiger partial charge in [-0.3, -0.25) is 0 Å². The summed E-state index contributed by atoms with van der Waals surface area (Å²) in [6, 6.07) is 8.67. The Kier molecular flexibility index (Phi) is 2.78. The predicted octanol–water partition coefficient (Wildman–Crippen LogP) is 1.94. The Morgan fingerprint density at radius 3 is 2.77 bits per heavy atom. The van der Waals surface area contributed by atoms with E-state index < -0.39 is 0 Å². The molecule has 2 rings (SSSR count). The summed E-state index contributed by atoms with van der Waals surface area (Å²) in [7, 11) is 0. The van der Waals surface area contributed by atoms with Crippen LogP contribution >= 0.6 is 0 Å². The van der Waals surface area contributed by atoms with E-state index in [-0.39, 0.29) is 5.54 Å². The summed E-state index contributed by atoms with van der Waals surface area (Å²) in [6.45, 7) is 4.43. The van der Waals surface area contributed by atoms with E-state index in [9.17, 15) is 0 Å². The van der Waals surface area contributed by atoms with Crippen molar-refractivity contribution in [2.24, 2.45) is 4.99 Å². The fourth-order valence-electron chi connectivity index (χ4n) is 2.05. The average molecular weight is 197 g/mol. The third-order valence-electron chi connectivity index (χ3n) is 2.50. The van der Waals surface area contributed by atoms with Crippen LogP contribution in [-0.2, 0) is 6.42 Å². The maximum atomic E-state index is 4.76. The van der Waals surface area contributed by atoms with Crippen molar-refractivity contribution < 1.29 is 0 Å². The molecule has 0 aliphatic carbocycles. The van der Waals surface area contributed by atoms with Crippen LogP contribution in [0.15, 0.2) is 29.3 Å². The number of nitrogens with zero attached hydrogens (tertiary/aromatic N) is 1. The number of rotatable bonds is 0. The Hall–Kier alpha value is 0.526. The summed E-state index contributed by atoms with van der Waals surface area (Å²) in [5.74, 6) is 0. The van der Waals surface area contributed by atoms with E-state index in [2.05, 4.69) is 38.1 Å². The van der Waals surface area contributed by atoms with Gasteiger partial charge in [0.1, 0.15) is 0 Å². The second-order valence-corrected chi connectivity index (χ2v) is 5.82. The maximum absolute atomic E-state index is 4.76. The Bertz CT molecular complexity index is 366. The van der Waals surface area contributed by atoms with Gasteiger partial charge in [-0.25, -0.2) is 0 Å². The molecule has 1 aliphatic rings. The summed E-state index contributed by atoms with van der Waals surface area (Å²) in [5.41, 5.74) is 3.01. The molecule has 1 aromatic carbocycles. The molecule has 0 saturated heterocycles. The fourth-order valence-corrected chi connectivity index (χ4v) is 3.75. The number of aliphatic imine (C=N–C) groups is 1.